The van der Waals surface area contributed by atoms with Crippen LogP contribution in [0.25, 0.3) is 0 Å². The first kappa shape index (κ1) is 57.9. The fourth-order valence-corrected chi connectivity index (χ4v) is 7.13. The van der Waals surface area contributed by atoms with E-state index in [1.54, 1.807) is 7.11 Å². The van der Waals surface area contributed by atoms with Crippen LogP contribution in [0.5, 0.6) is 0 Å². The van der Waals surface area contributed by atoms with Crippen molar-refractivity contribution in [2.75, 3.05) is 40.0 Å². The van der Waals surface area contributed by atoms with E-state index < -0.39 is 36.5 Å². The lowest BCUT2D eigenvalue weighted by atomic mass is 10.0. The molecule has 60 heavy (non-hydrogen) atoms. The Hall–Kier alpha value is -2.07. The number of esters is 1. The van der Waals surface area contributed by atoms with E-state index in [9.17, 15) is 14.4 Å². The van der Waals surface area contributed by atoms with E-state index >= 15 is 0 Å². The third-order valence-electron chi connectivity index (χ3n) is 11.7. The minimum atomic E-state index is -1.38. The van der Waals surface area contributed by atoms with E-state index in [0.29, 0.717) is 26.1 Å². The van der Waals surface area contributed by atoms with Gasteiger partial charge in [-0.3, -0.25) is 0 Å². The molecule has 0 heterocycles. The van der Waals surface area contributed by atoms with Crippen molar-refractivity contribution >= 4 is 18.2 Å². The largest absolute Gasteiger partial charge is 0.463 e. The first-order valence-electron chi connectivity index (χ1n) is 25.2. The third-order valence-corrected chi connectivity index (χ3v) is 11.7. The summed E-state index contributed by atoms with van der Waals surface area (Å²) in [6.07, 6.45) is 36.6. The lowest BCUT2D eigenvalue weighted by Gasteiger charge is -2.29. The Labute approximate surface area is 370 Å². The molecule has 0 aromatic heterocycles. The molecule has 10 heteroatoms. The average Bonchev–Trinajstić information content (AvgIpc) is 3.21. The van der Waals surface area contributed by atoms with Crippen molar-refractivity contribution in [1.29, 1.82) is 0 Å². The Kier molecular flexibility index (Phi) is 39.6. The molecule has 0 bridgehead atoms. The predicted octanol–water partition coefficient (Wildman–Crippen LogP) is 14.1. The summed E-state index contributed by atoms with van der Waals surface area (Å²) in [7, 11) is 1.68. The fourth-order valence-electron chi connectivity index (χ4n) is 7.13. The van der Waals surface area contributed by atoms with E-state index in [1.807, 2.05) is 27.7 Å². The minimum Gasteiger partial charge on any atom is -0.463 e. The van der Waals surface area contributed by atoms with Crippen LogP contribution in [0.2, 0.25) is 0 Å². The van der Waals surface area contributed by atoms with Gasteiger partial charge in [0, 0.05) is 26.6 Å². The van der Waals surface area contributed by atoms with Crippen LogP contribution in [0.3, 0.4) is 0 Å². The normalized spacial score (nSPS) is 12.3. The van der Waals surface area contributed by atoms with E-state index in [4.69, 9.17) is 23.7 Å². The minimum absolute atomic E-state index is 0.0610. The van der Waals surface area contributed by atoms with Crippen LogP contribution in [0.1, 0.15) is 247 Å². The fraction of sp³-hybridized carbons (Fsp3) is 0.940. The number of hydrogen-bond donors (Lipinski definition) is 2. The summed E-state index contributed by atoms with van der Waals surface area (Å²) in [6.45, 7) is 13.5. The number of alkyl carbamates (subject to hydrolysis) is 2. The molecule has 10 nitrogen and oxygen atoms in total. The number of unbranched alkanes of at least 4 members (excludes halogenated alkanes) is 28. The monoisotopic (exact) mass is 855 g/mol. The van der Waals surface area contributed by atoms with Gasteiger partial charge in [-0.25, -0.2) is 14.4 Å². The van der Waals surface area contributed by atoms with Gasteiger partial charge < -0.3 is 34.3 Å². The quantitative estimate of drug-likeness (QED) is 0.0353. The molecule has 1 atom stereocenters. The molecule has 1 unspecified atom stereocenters. The highest BCUT2D eigenvalue weighted by Crippen LogP contribution is 2.20. The molecule has 0 spiro atoms. The number of carbonyl (C=O) groups is 3. The Morgan fingerprint density at radius 2 is 0.800 bits per heavy atom. The zero-order valence-corrected chi connectivity index (χ0v) is 40.5. The summed E-state index contributed by atoms with van der Waals surface area (Å²) in [5.41, 5.74) is -0.841. The molecule has 0 saturated heterocycles. The van der Waals surface area contributed by atoms with Crippen molar-refractivity contribution in [2.45, 2.75) is 264 Å². The molecule has 0 saturated carbocycles. The van der Waals surface area contributed by atoms with Gasteiger partial charge >= 0.3 is 18.2 Å². The molecular formula is C50H98N2O8. The summed E-state index contributed by atoms with van der Waals surface area (Å²) in [6, 6.07) is 0. The van der Waals surface area contributed by atoms with E-state index in [1.165, 1.54) is 154 Å². The van der Waals surface area contributed by atoms with Crippen molar-refractivity contribution in [3.05, 3.63) is 0 Å². The topological polar surface area (TPSA) is 121 Å². The van der Waals surface area contributed by atoms with Crippen LogP contribution in [0.15, 0.2) is 0 Å². The number of hydrogen-bond acceptors (Lipinski definition) is 8. The lowest BCUT2D eigenvalue weighted by molar-refractivity contribution is -0.157. The molecule has 0 rings (SSSR count). The van der Waals surface area contributed by atoms with E-state index in [-0.39, 0.29) is 12.2 Å². The van der Waals surface area contributed by atoms with Crippen LogP contribution in [0.4, 0.5) is 9.59 Å². The number of ether oxygens (including phenoxy) is 5. The highest BCUT2D eigenvalue weighted by atomic mass is 16.6. The molecule has 0 aromatic carbocycles. The molecule has 2 N–H and O–H groups in total. The van der Waals surface area contributed by atoms with Gasteiger partial charge in [0.25, 0.3) is 0 Å². The van der Waals surface area contributed by atoms with Gasteiger partial charge in [0.15, 0.2) is 0 Å². The SMILES string of the molecule is CCCCCCCCCCCCCCCCCCNC(=O)OC(COC(=O)NCCCCCCCCCCCCCCCC)C(=O)OCCC(C)(C)OCCC(C)(C)OC. The maximum absolute atomic E-state index is 13.1. The maximum Gasteiger partial charge on any atom is 0.408 e. The van der Waals surface area contributed by atoms with Gasteiger partial charge in [-0.15, -0.1) is 0 Å². The van der Waals surface area contributed by atoms with Crippen LogP contribution in [0, 0.1) is 0 Å². The number of carbonyl (C=O) groups excluding carboxylic acids is 3. The summed E-state index contributed by atoms with van der Waals surface area (Å²) in [5.74, 6) is -0.761. The van der Waals surface area contributed by atoms with Crippen molar-refractivity contribution in [1.82, 2.24) is 10.6 Å². The Bertz CT molecular complexity index is 991. The molecule has 0 fully saturated rings. The first-order chi connectivity index (χ1) is 29.0. The Morgan fingerprint density at radius 3 is 1.18 bits per heavy atom. The van der Waals surface area contributed by atoms with Gasteiger partial charge in [-0.1, -0.05) is 194 Å². The van der Waals surface area contributed by atoms with Crippen LogP contribution < -0.4 is 10.6 Å². The standard InChI is InChI=1S/C50H98N2O8/c1-8-10-12-14-16-18-20-22-24-25-27-29-31-33-35-37-41-52-48(55)60-45(46(53)57-42-38-50(5,6)59-43-39-49(3,4)56-7)44-58-47(54)51-40-36-34-32-30-28-26-23-21-19-17-15-13-11-9-2/h45H,8-44H2,1-7H3,(H,51,54)(H,52,55). The van der Waals surface area contributed by atoms with Gasteiger partial charge in [-0.2, -0.15) is 0 Å². The molecule has 2 amide bonds. The maximum atomic E-state index is 13.1. The van der Waals surface area contributed by atoms with Gasteiger partial charge in [0.05, 0.1) is 24.4 Å². The van der Waals surface area contributed by atoms with Crippen LogP contribution >= 0.6 is 0 Å². The van der Waals surface area contributed by atoms with Gasteiger partial charge in [0.2, 0.25) is 6.10 Å². The number of nitrogens with one attached hydrogen (secondary N) is 2. The molecular weight excluding hydrogens is 757 g/mol. The second-order valence-electron chi connectivity index (χ2n) is 18.5. The molecule has 0 aliphatic heterocycles. The number of amides is 2. The second-order valence-corrected chi connectivity index (χ2v) is 18.5. The molecule has 0 aliphatic rings. The van der Waals surface area contributed by atoms with Crippen molar-refractivity contribution in [3.63, 3.8) is 0 Å². The van der Waals surface area contributed by atoms with Crippen molar-refractivity contribution < 1.29 is 38.1 Å². The summed E-state index contributed by atoms with van der Waals surface area (Å²) >= 11 is 0. The smallest absolute Gasteiger partial charge is 0.408 e. The molecule has 356 valence electrons. The Morgan fingerprint density at radius 1 is 0.450 bits per heavy atom. The van der Waals surface area contributed by atoms with Crippen molar-refractivity contribution in [2.24, 2.45) is 0 Å². The first-order valence-corrected chi connectivity index (χ1v) is 25.2. The van der Waals surface area contributed by atoms with Gasteiger partial charge in [0.1, 0.15) is 6.61 Å². The Balaban J connectivity index is 4.46. The van der Waals surface area contributed by atoms with Crippen molar-refractivity contribution in [3.8, 4) is 0 Å². The molecule has 0 radical (unpaired) electrons. The summed E-state index contributed by atoms with van der Waals surface area (Å²) in [4.78, 5) is 38.3. The third kappa shape index (κ3) is 40.0. The highest BCUT2D eigenvalue weighted by Gasteiger charge is 2.28. The molecule has 0 aromatic rings. The van der Waals surface area contributed by atoms with E-state index in [0.717, 1.165) is 44.9 Å². The average molecular weight is 855 g/mol. The predicted molar refractivity (Wildman–Crippen MR) is 249 cm³/mol. The van der Waals surface area contributed by atoms with Gasteiger partial charge in [-0.05, 0) is 47.0 Å². The lowest BCUT2D eigenvalue weighted by Crippen LogP contribution is -2.40. The molecule has 0 aliphatic carbocycles. The summed E-state index contributed by atoms with van der Waals surface area (Å²) in [5, 5.41) is 5.52. The number of rotatable bonds is 44. The zero-order valence-electron chi connectivity index (χ0n) is 40.5. The summed E-state index contributed by atoms with van der Waals surface area (Å²) < 4.78 is 27.8. The second kappa shape index (κ2) is 41.0. The zero-order chi connectivity index (χ0) is 44.4. The van der Waals surface area contributed by atoms with Crippen LogP contribution in [-0.4, -0.2) is 75.5 Å². The van der Waals surface area contributed by atoms with E-state index in [2.05, 4.69) is 24.5 Å². The van der Waals surface area contributed by atoms with Crippen LogP contribution in [-0.2, 0) is 28.5 Å². The highest BCUT2D eigenvalue weighted by molar-refractivity contribution is 5.79. The number of methoxy groups -OCH3 is 1.